The summed E-state index contributed by atoms with van der Waals surface area (Å²) in [6, 6.07) is 0.238. The molecule has 16 heavy (non-hydrogen) atoms. The smallest absolute Gasteiger partial charge is 0.0753 e. The van der Waals surface area contributed by atoms with Crippen molar-refractivity contribution in [2.24, 2.45) is 5.92 Å². The molecule has 4 nitrogen and oxygen atoms in total. The summed E-state index contributed by atoms with van der Waals surface area (Å²) in [5, 5.41) is 12.6. The Bertz CT molecular complexity index is 290. The SMILES string of the molecule is CC(C)CC(CO)NC(C)c1cnccn1. The highest BCUT2D eigenvalue weighted by Gasteiger charge is 2.14. The second-order valence-electron chi connectivity index (χ2n) is 4.53. The number of nitrogens with one attached hydrogen (secondary N) is 1. The van der Waals surface area contributed by atoms with Crippen LogP contribution in [0, 0.1) is 5.92 Å². The average Bonchev–Trinajstić information content (AvgIpc) is 2.28. The first kappa shape index (κ1) is 13.1. The molecule has 0 saturated carbocycles. The Morgan fingerprint density at radius 3 is 2.56 bits per heavy atom. The number of aromatic nitrogens is 2. The minimum Gasteiger partial charge on any atom is -0.395 e. The number of hydrogen-bond donors (Lipinski definition) is 2. The van der Waals surface area contributed by atoms with Crippen molar-refractivity contribution < 1.29 is 5.11 Å². The Morgan fingerprint density at radius 2 is 2.06 bits per heavy atom. The Labute approximate surface area is 97.1 Å². The van der Waals surface area contributed by atoms with Gasteiger partial charge in [0, 0.05) is 30.7 Å². The summed E-state index contributed by atoms with van der Waals surface area (Å²) in [5.74, 6) is 0.568. The topological polar surface area (TPSA) is 58.0 Å². The Balaban J connectivity index is 2.52. The van der Waals surface area contributed by atoms with E-state index in [1.54, 1.807) is 18.6 Å². The van der Waals surface area contributed by atoms with E-state index in [0.717, 1.165) is 12.1 Å². The normalized spacial score (nSPS) is 15.1. The van der Waals surface area contributed by atoms with Crippen molar-refractivity contribution in [1.82, 2.24) is 15.3 Å². The van der Waals surface area contributed by atoms with E-state index in [-0.39, 0.29) is 18.7 Å². The molecule has 2 unspecified atom stereocenters. The van der Waals surface area contributed by atoms with E-state index in [9.17, 15) is 5.11 Å². The second-order valence-corrected chi connectivity index (χ2v) is 4.53. The molecule has 0 aliphatic carbocycles. The highest BCUT2D eigenvalue weighted by molar-refractivity contribution is 5.01. The molecule has 1 aromatic rings. The van der Waals surface area contributed by atoms with Crippen molar-refractivity contribution >= 4 is 0 Å². The third-order valence-corrected chi connectivity index (χ3v) is 2.49. The lowest BCUT2D eigenvalue weighted by atomic mass is 10.0. The zero-order valence-corrected chi connectivity index (χ0v) is 10.2. The predicted octanol–water partition coefficient (Wildman–Crippen LogP) is 1.53. The first-order chi connectivity index (χ1) is 7.63. The van der Waals surface area contributed by atoms with Crippen LogP contribution in [0.15, 0.2) is 18.6 Å². The standard InChI is InChI=1S/C12H21N3O/c1-9(2)6-11(8-16)15-10(3)12-7-13-4-5-14-12/h4-5,7,9-11,15-16H,6,8H2,1-3H3. The van der Waals surface area contributed by atoms with Crippen LogP contribution in [0.2, 0.25) is 0 Å². The zero-order chi connectivity index (χ0) is 12.0. The molecular formula is C12H21N3O. The molecule has 0 saturated heterocycles. The lowest BCUT2D eigenvalue weighted by Crippen LogP contribution is -2.36. The molecule has 1 rings (SSSR count). The molecule has 0 aliphatic heterocycles. The van der Waals surface area contributed by atoms with Gasteiger partial charge in [0.05, 0.1) is 12.3 Å². The van der Waals surface area contributed by atoms with Gasteiger partial charge in [0.1, 0.15) is 0 Å². The van der Waals surface area contributed by atoms with Crippen molar-refractivity contribution in [3.8, 4) is 0 Å². The maximum absolute atomic E-state index is 9.27. The highest BCUT2D eigenvalue weighted by atomic mass is 16.3. The van der Waals surface area contributed by atoms with Crippen molar-refractivity contribution in [2.45, 2.75) is 39.3 Å². The van der Waals surface area contributed by atoms with Gasteiger partial charge in [-0.1, -0.05) is 13.8 Å². The average molecular weight is 223 g/mol. The molecule has 0 bridgehead atoms. The molecule has 90 valence electrons. The minimum atomic E-state index is 0.115. The second kappa shape index (κ2) is 6.55. The Hall–Kier alpha value is -1.00. The summed E-state index contributed by atoms with van der Waals surface area (Å²) in [7, 11) is 0. The molecule has 0 amide bonds. The Kier molecular flexibility index (Phi) is 5.35. The van der Waals surface area contributed by atoms with Crippen LogP contribution in [0.4, 0.5) is 0 Å². The quantitative estimate of drug-likeness (QED) is 0.768. The van der Waals surface area contributed by atoms with Crippen molar-refractivity contribution in [1.29, 1.82) is 0 Å². The number of nitrogens with zero attached hydrogens (tertiary/aromatic N) is 2. The van der Waals surface area contributed by atoms with Crippen LogP contribution in [-0.4, -0.2) is 27.7 Å². The van der Waals surface area contributed by atoms with Crippen molar-refractivity contribution in [3.05, 3.63) is 24.3 Å². The van der Waals surface area contributed by atoms with Crippen molar-refractivity contribution in [3.63, 3.8) is 0 Å². The third-order valence-electron chi connectivity index (χ3n) is 2.49. The van der Waals surface area contributed by atoms with Crippen LogP contribution < -0.4 is 5.32 Å². The van der Waals surface area contributed by atoms with Crippen molar-refractivity contribution in [2.75, 3.05) is 6.61 Å². The van der Waals surface area contributed by atoms with E-state index in [1.807, 2.05) is 6.92 Å². The summed E-state index contributed by atoms with van der Waals surface area (Å²) in [4.78, 5) is 8.27. The van der Waals surface area contributed by atoms with Gasteiger partial charge in [0.2, 0.25) is 0 Å². The van der Waals surface area contributed by atoms with Crippen LogP contribution in [0.3, 0.4) is 0 Å². The van der Waals surface area contributed by atoms with Crippen LogP contribution in [0.25, 0.3) is 0 Å². The fraction of sp³-hybridized carbons (Fsp3) is 0.667. The fourth-order valence-electron chi connectivity index (χ4n) is 1.74. The van der Waals surface area contributed by atoms with Crippen LogP contribution >= 0.6 is 0 Å². The maximum atomic E-state index is 9.27. The number of aliphatic hydroxyl groups is 1. The first-order valence-electron chi connectivity index (χ1n) is 5.76. The first-order valence-corrected chi connectivity index (χ1v) is 5.76. The van der Waals surface area contributed by atoms with E-state index in [1.165, 1.54) is 0 Å². The summed E-state index contributed by atoms with van der Waals surface area (Å²) >= 11 is 0. The predicted molar refractivity (Wildman–Crippen MR) is 63.9 cm³/mol. The molecule has 0 aliphatic rings. The molecule has 1 aromatic heterocycles. The molecule has 0 fully saturated rings. The van der Waals surface area contributed by atoms with E-state index in [0.29, 0.717) is 5.92 Å². The molecule has 2 N–H and O–H groups in total. The van der Waals surface area contributed by atoms with Gasteiger partial charge in [-0.25, -0.2) is 0 Å². The molecule has 0 aromatic carbocycles. The highest BCUT2D eigenvalue weighted by Crippen LogP contribution is 2.11. The van der Waals surface area contributed by atoms with Crippen LogP contribution in [-0.2, 0) is 0 Å². The van der Waals surface area contributed by atoms with Gasteiger partial charge in [0.25, 0.3) is 0 Å². The van der Waals surface area contributed by atoms with Gasteiger partial charge in [0.15, 0.2) is 0 Å². The van der Waals surface area contributed by atoms with Gasteiger partial charge in [-0.05, 0) is 19.3 Å². The molecule has 0 spiro atoms. The molecular weight excluding hydrogens is 202 g/mol. The molecule has 4 heteroatoms. The van der Waals surface area contributed by atoms with Crippen LogP contribution in [0.5, 0.6) is 0 Å². The molecule has 0 radical (unpaired) electrons. The summed E-state index contributed by atoms with van der Waals surface area (Å²) in [6.45, 7) is 6.49. The van der Waals surface area contributed by atoms with E-state index in [2.05, 4.69) is 29.1 Å². The van der Waals surface area contributed by atoms with Gasteiger partial charge < -0.3 is 10.4 Å². The third kappa shape index (κ3) is 4.24. The lowest BCUT2D eigenvalue weighted by molar-refractivity contribution is 0.214. The lowest BCUT2D eigenvalue weighted by Gasteiger charge is -2.22. The van der Waals surface area contributed by atoms with Crippen LogP contribution in [0.1, 0.15) is 38.9 Å². The number of rotatable bonds is 6. The van der Waals surface area contributed by atoms with Gasteiger partial charge in [-0.3, -0.25) is 9.97 Å². The molecule has 1 heterocycles. The summed E-state index contributed by atoms with van der Waals surface area (Å²) < 4.78 is 0. The van der Waals surface area contributed by atoms with E-state index >= 15 is 0 Å². The number of hydrogen-bond acceptors (Lipinski definition) is 4. The minimum absolute atomic E-state index is 0.115. The van der Waals surface area contributed by atoms with Gasteiger partial charge in [-0.2, -0.15) is 0 Å². The summed E-state index contributed by atoms with van der Waals surface area (Å²) in [6.07, 6.45) is 6.06. The fourth-order valence-corrected chi connectivity index (χ4v) is 1.74. The molecule has 2 atom stereocenters. The monoisotopic (exact) mass is 223 g/mol. The number of aliphatic hydroxyl groups excluding tert-OH is 1. The van der Waals surface area contributed by atoms with Gasteiger partial charge in [-0.15, -0.1) is 0 Å². The van der Waals surface area contributed by atoms with Gasteiger partial charge >= 0.3 is 0 Å². The largest absolute Gasteiger partial charge is 0.395 e. The van der Waals surface area contributed by atoms with E-state index < -0.39 is 0 Å². The summed E-state index contributed by atoms with van der Waals surface area (Å²) in [5.41, 5.74) is 0.907. The maximum Gasteiger partial charge on any atom is 0.0753 e. The van der Waals surface area contributed by atoms with E-state index in [4.69, 9.17) is 0 Å². The zero-order valence-electron chi connectivity index (χ0n) is 10.2. The Morgan fingerprint density at radius 1 is 1.31 bits per heavy atom.